The Bertz CT molecular complexity index is 499. The normalized spacial score (nSPS) is 26.3. The summed E-state index contributed by atoms with van der Waals surface area (Å²) in [6.45, 7) is 4.52. The molecule has 1 N–H and O–H groups in total. The molecule has 1 aromatic rings. The fraction of sp³-hybridized carbons (Fsp3) is 0.571. The Morgan fingerprint density at radius 3 is 2.30 bits per heavy atom. The van der Waals surface area contributed by atoms with Gasteiger partial charge < -0.3 is 5.32 Å². The van der Waals surface area contributed by atoms with Crippen LogP contribution in [-0.2, 0) is 0 Å². The van der Waals surface area contributed by atoms with Crippen LogP contribution in [0.3, 0.4) is 0 Å². The average molecular weight is 317 g/mol. The molecular formula is C14H18Cl2N2O2. The molecule has 0 bridgehead atoms. The summed E-state index contributed by atoms with van der Waals surface area (Å²) in [5.41, 5.74) is 0.516. The van der Waals surface area contributed by atoms with Crippen molar-refractivity contribution in [3.8, 4) is 0 Å². The van der Waals surface area contributed by atoms with E-state index in [4.69, 9.17) is 23.2 Å². The van der Waals surface area contributed by atoms with E-state index in [1.807, 2.05) is 0 Å². The van der Waals surface area contributed by atoms with Crippen LogP contribution in [0.25, 0.3) is 0 Å². The predicted octanol–water partition coefficient (Wildman–Crippen LogP) is 5.14. The van der Waals surface area contributed by atoms with Crippen LogP contribution >= 0.6 is 23.2 Å². The molecule has 0 amide bonds. The highest BCUT2D eigenvalue weighted by Gasteiger charge is 2.26. The highest BCUT2D eigenvalue weighted by molar-refractivity contribution is 6.39. The van der Waals surface area contributed by atoms with Gasteiger partial charge in [0.05, 0.1) is 20.7 Å². The van der Waals surface area contributed by atoms with E-state index in [0.29, 0.717) is 27.7 Å². The molecule has 4 nitrogen and oxygen atoms in total. The zero-order valence-electron chi connectivity index (χ0n) is 11.5. The maximum Gasteiger partial charge on any atom is 0.272 e. The number of rotatable bonds is 3. The maximum atomic E-state index is 10.8. The number of nitrogens with zero attached hydrogens (tertiary/aromatic N) is 1. The number of anilines is 1. The Morgan fingerprint density at radius 2 is 1.80 bits per heavy atom. The minimum absolute atomic E-state index is 0.0869. The summed E-state index contributed by atoms with van der Waals surface area (Å²) in [4.78, 5) is 10.3. The second-order valence-electron chi connectivity index (χ2n) is 5.65. The Balaban J connectivity index is 2.16. The lowest BCUT2D eigenvalue weighted by Crippen LogP contribution is -2.30. The molecule has 0 heterocycles. The SMILES string of the molecule is CC1CCC(Nc2c(Cl)cc([N+](=O)[O-])cc2Cl)CC1C. The van der Waals surface area contributed by atoms with E-state index in [0.717, 1.165) is 18.8 Å². The van der Waals surface area contributed by atoms with Crippen molar-refractivity contribution in [1.29, 1.82) is 0 Å². The number of nitro benzene ring substituents is 1. The van der Waals surface area contributed by atoms with Crippen LogP contribution in [0.5, 0.6) is 0 Å². The number of non-ortho nitro benzene ring substituents is 1. The van der Waals surface area contributed by atoms with Gasteiger partial charge in [0, 0.05) is 18.2 Å². The largest absolute Gasteiger partial charge is 0.380 e. The van der Waals surface area contributed by atoms with Gasteiger partial charge in [-0.15, -0.1) is 0 Å². The van der Waals surface area contributed by atoms with Crippen molar-refractivity contribution in [2.75, 3.05) is 5.32 Å². The van der Waals surface area contributed by atoms with E-state index in [2.05, 4.69) is 19.2 Å². The van der Waals surface area contributed by atoms with Gasteiger partial charge in [-0.25, -0.2) is 0 Å². The molecule has 1 saturated carbocycles. The second kappa shape index (κ2) is 6.19. The van der Waals surface area contributed by atoms with Gasteiger partial charge >= 0.3 is 0 Å². The van der Waals surface area contributed by atoms with Gasteiger partial charge in [0.25, 0.3) is 5.69 Å². The first-order chi connectivity index (χ1) is 9.38. The first-order valence-electron chi connectivity index (χ1n) is 6.78. The van der Waals surface area contributed by atoms with Crippen LogP contribution in [0.4, 0.5) is 11.4 Å². The molecule has 1 aliphatic carbocycles. The van der Waals surface area contributed by atoms with Crippen LogP contribution in [0.2, 0.25) is 10.0 Å². The summed E-state index contributed by atoms with van der Waals surface area (Å²) in [5, 5.41) is 14.7. The molecule has 3 atom stereocenters. The molecule has 0 spiro atoms. The lowest BCUT2D eigenvalue weighted by Gasteiger charge is -2.33. The molecule has 6 heteroatoms. The maximum absolute atomic E-state index is 10.8. The van der Waals surface area contributed by atoms with Crippen LogP contribution in [0.1, 0.15) is 33.1 Å². The summed E-state index contributed by atoms with van der Waals surface area (Å²) in [7, 11) is 0. The quantitative estimate of drug-likeness (QED) is 0.620. The van der Waals surface area contributed by atoms with Gasteiger partial charge in [0.15, 0.2) is 0 Å². The smallest absolute Gasteiger partial charge is 0.272 e. The van der Waals surface area contributed by atoms with Crippen molar-refractivity contribution in [2.24, 2.45) is 11.8 Å². The number of benzene rings is 1. The fourth-order valence-corrected chi connectivity index (χ4v) is 3.27. The minimum Gasteiger partial charge on any atom is -0.380 e. The van der Waals surface area contributed by atoms with E-state index < -0.39 is 4.92 Å². The molecule has 1 aromatic carbocycles. The highest BCUT2D eigenvalue weighted by atomic mass is 35.5. The number of hydrogen-bond donors (Lipinski definition) is 1. The molecule has 110 valence electrons. The van der Waals surface area contributed by atoms with E-state index in [-0.39, 0.29) is 5.69 Å². The first kappa shape index (κ1) is 15.4. The minimum atomic E-state index is -0.494. The van der Waals surface area contributed by atoms with E-state index in [9.17, 15) is 10.1 Å². The fourth-order valence-electron chi connectivity index (χ4n) is 2.69. The molecule has 20 heavy (non-hydrogen) atoms. The third kappa shape index (κ3) is 3.36. The van der Waals surface area contributed by atoms with Gasteiger partial charge in [-0.05, 0) is 31.1 Å². The Morgan fingerprint density at radius 1 is 1.20 bits per heavy atom. The van der Waals surface area contributed by atoms with Gasteiger partial charge in [-0.1, -0.05) is 37.0 Å². The molecule has 2 rings (SSSR count). The standard InChI is InChI=1S/C14H18Cl2N2O2/c1-8-3-4-10(5-9(8)2)17-14-12(15)6-11(18(19)20)7-13(14)16/h6-10,17H,3-5H2,1-2H3. The first-order valence-corrected chi connectivity index (χ1v) is 7.54. The monoisotopic (exact) mass is 316 g/mol. The van der Waals surface area contributed by atoms with E-state index in [1.54, 1.807) is 0 Å². The summed E-state index contributed by atoms with van der Waals surface area (Å²) >= 11 is 12.2. The van der Waals surface area contributed by atoms with Crippen molar-refractivity contribution in [2.45, 2.75) is 39.2 Å². The number of hydrogen-bond acceptors (Lipinski definition) is 3. The topological polar surface area (TPSA) is 55.2 Å². The lowest BCUT2D eigenvalue weighted by atomic mass is 9.79. The van der Waals surface area contributed by atoms with Gasteiger partial charge in [0.2, 0.25) is 0 Å². The van der Waals surface area contributed by atoms with Crippen LogP contribution in [-0.4, -0.2) is 11.0 Å². The molecule has 1 aliphatic rings. The highest BCUT2D eigenvalue weighted by Crippen LogP contribution is 2.38. The molecule has 0 radical (unpaired) electrons. The zero-order chi connectivity index (χ0) is 14.9. The third-order valence-electron chi connectivity index (χ3n) is 4.18. The van der Waals surface area contributed by atoms with Crippen LogP contribution in [0, 0.1) is 22.0 Å². The Hall–Kier alpha value is -1.00. The lowest BCUT2D eigenvalue weighted by molar-refractivity contribution is -0.384. The molecule has 1 fully saturated rings. The van der Waals surface area contributed by atoms with E-state index in [1.165, 1.54) is 18.6 Å². The molecular weight excluding hydrogens is 299 g/mol. The average Bonchev–Trinajstić information content (AvgIpc) is 2.37. The van der Waals surface area contributed by atoms with Gasteiger partial charge in [-0.2, -0.15) is 0 Å². The van der Waals surface area contributed by atoms with Crippen molar-refractivity contribution in [3.63, 3.8) is 0 Å². The molecule has 0 saturated heterocycles. The summed E-state index contributed by atoms with van der Waals surface area (Å²) < 4.78 is 0. The second-order valence-corrected chi connectivity index (χ2v) is 6.46. The van der Waals surface area contributed by atoms with Crippen molar-refractivity contribution >= 4 is 34.6 Å². The Kier molecular flexibility index (Phi) is 4.76. The van der Waals surface area contributed by atoms with Crippen LogP contribution < -0.4 is 5.32 Å². The summed E-state index contributed by atoms with van der Waals surface area (Å²) in [6.07, 6.45) is 3.29. The van der Waals surface area contributed by atoms with Gasteiger partial charge in [-0.3, -0.25) is 10.1 Å². The molecule has 0 aliphatic heterocycles. The van der Waals surface area contributed by atoms with Crippen molar-refractivity contribution in [1.82, 2.24) is 0 Å². The number of nitrogens with one attached hydrogen (secondary N) is 1. The van der Waals surface area contributed by atoms with Crippen molar-refractivity contribution in [3.05, 3.63) is 32.3 Å². The number of nitro groups is 1. The van der Waals surface area contributed by atoms with Gasteiger partial charge in [0.1, 0.15) is 0 Å². The van der Waals surface area contributed by atoms with Crippen LogP contribution in [0.15, 0.2) is 12.1 Å². The zero-order valence-corrected chi connectivity index (χ0v) is 13.0. The Labute approximate surface area is 128 Å². The third-order valence-corrected chi connectivity index (χ3v) is 4.78. The molecule has 3 unspecified atom stereocenters. The summed E-state index contributed by atoms with van der Waals surface area (Å²) in [6, 6.07) is 2.99. The molecule has 0 aromatic heterocycles. The van der Waals surface area contributed by atoms with Crippen molar-refractivity contribution < 1.29 is 4.92 Å². The van der Waals surface area contributed by atoms with E-state index >= 15 is 0 Å². The number of halogens is 2. The predicted molar refractivity (Wildman–Crippen MR) is 82.7 cm³/mol. The summed E-state index contributed by atoms with van der Waals surface area (Å²) in [5.74, 6) is 1.38.